The van der Waals surface area contributed by atoms with Gasteiger partial charge in [0.15, 0.2) is 0 Å². The van der Waals surface area contributed by atoms with Gasteiger partial charge in [0.1, 0.15) is 5.82 Å². The minimum atomic E-state index is -0.453. The third-order valence-corrected chi connectivity index (χ3v) is 2.77. The van der Waals surface area contributed by atoms with Crippen molar-refractivity contribution in [3.05, 3.63) is 52.3 Å². The van der Waals surface area contributed by atoms with Crippen LogP contribution in [0.4, 0.5) is 10.1 Å². The number of nitrogens with two attached hydrogens (primary N) is 1. The van der Waals surface area contributed by atoms with Gasteiger partial charge in [-0.2, -0.15) is 0 Å². The fraction of sp³-hybridized carbons (Fsp3) is 0. The predicted octanol–water partition coefficient (Wildman–Crippen LogP) is 4.38. The van der Waals surface area contributed by atoms with E-state index in [0.717, 1.165) is 11.1 Å². The van der Waals surface area contributed by atoms with E-state index < -0.39 is 5.82 Å². The van der Waals surface area contributed by atoms with E-state index in [1.165, 1.54) is 12.1 Å². The van der Waals surface area contributed by atoms with Crippen molar-refractivity contribution in [2.75, 3.05) is 5.73 Å². The largest absolute Gasteiger partial charge is 0.398 e. The lowest BCUT2D eigenvalue weighted by Crippen LogP contribution is -1.90. The van der Waals surface area contributed by atoms with E-state index in [2.05, 4.69) is 0 Å². The molecule has 16 heavy (non-hydrogen) atoms. The third-order valence-electron chi connectivity index (χ3n) is 2.25. The molecule has 0 fully saturated rings. The molecule has 82 valence electrons. The lowest BCUT2D eigenvalue weighted by Gasteiger charge is -2.07. The normalized spacial score (nSPS) is 10.4. The Balaban J connectivity index is 2.58. The average Bonchev–Trinajstić information content (AvgIpc) is 2.26. The molecule has 0 atom stereocenters. The lowest BCUT2D eigenvalue weighted by molar-refractivity contribution is 0.628. The Labute approximate surface area is 103 Å². The first-order valence-electron chi connectivity index (χ1n) is 4.58. The maximum Gasteiger partial charge on any atom is 0.141 e. The van der Waals surface area contributed by atoms with E-state index in [1.807, 2.05) is 0 Å². The van der Waals surface area contributed by atoms with Gasteiger partial charge in [0.2, 0.25) is 0 Å². The van der Waals surface area contributed by atoms with Gasteiger partial charge < -0.3 is 5.73 Å². The number of hydrogen-bond donors (Lipinski definition) is 1. The van der Waals surface area contributed by atoms with Crippen LogP contribution < -0.4 is 5.73 Å². The fourth-order valence-electron chi connectivity index (χ4n) is 1.44. The van der Waals surface area contributed by atoms with Crippen LogP contribution in [0.15, 0.2) is 36.4 Å². The van der Waals surface area contributed by atoms with Crippen LogP contribution in [-0.4, -0.2) is 0 Å². The number of benzene rings is 2. The van der Waals surface area contributed by atoms with E-state index in [9.17, 15) is 4.39 Å². The van der Waals surface area contributed by atoms with Gasteiger partial charge in [0.05, 0.1) is 5.02 Å². The van der Waals surface area contributed by atoms with Crippen LogP contribution in [0.25, 0.3) is 11.1 Å². The van der Waals surface area contributed by atoms with Crippen molar-refractivity contribution in [2.24, 2.45) is 0 Å². The van der Waals surface area contributed by atoms with E-state index in [4.69, 9.17) is 28.9 Å². The molecule has 4 heteroatoms. The number of anilines is 1. The summed E-state index contributed by atoms with van der Waals surface area (Å²) in [6, 6.07) is 9.57. The summed E-state index contributed by atoms with van der Waals surface area (Å²) in [6.45, 7) is 0. The zero-order valence-electron chi connectivity index (χ0n) is 8.18. The summed E-state index contributed by atoms with van der Waals surface area (Å²) in [5, 5.41) is 0.640. The van der Waals surface area contributed by atoms with E-state index >= 15 is 0 Å². The second-order valence-corrected chi connectivity index (χ2v) is 4.20. The van der Waals surface area contributed by atoms with Crippen LogP contribution >= 0.6 is 23.2 Å². The quantitative estimate of drug-likeness (QED) is 0.752. The first-order chi connectivity index (χ1) is 7.58. The topological polar surface area (TPSA) is 26.0 Å². The molecule has 2 aromatic carbocycles. The van der Waals surface area contributed by atoms with Crippen LogP contribution in [0.1, 0.15) is 0 Å². The number of nitrogen functional groups attached to an aromatic ring is 1. The van der Waals surface area contributed by atoms with Gasteiger partial charge in [0, 0.05) is 16.3 Å². The molecule has 2 aromatic rings. The molecule has 0 aliphatic rings. The molecule has 2 rings (SSSR count). The zero-order chi connectivity index (χ0) is 11.7. The molecule has 2 N–H and O–H groups in total. The average molecular weight is 256 g/mol. The Morgan fingerprint density at radius 2 is 1.75 bits per heavy atom. The van der Waals surface area contributed by atoms with Crippen molar-refractivity contribution in [3.63, 3.8) is 0 Å². The van der Waals surface area contributed by atoms with Gasteiger partial charge in [-0.1, -0.05) is 29.3 Å². The SMILES string of the molecule is Nc1ccc(Cl)cc1-c1ccc(F)c(Cl)c1. The fourth-order valence-corrected chi connectivity index (χ4v) is 1.79. The summed E-state index contributed by atoms with van der Waals surface area (Å²) in [5.41, 5.74) is 7.88. The van der Waals surface area contributed by atoms with Gasteiger partial charge >= 0.3 is 0 Å². The van der Waals surface area contributed by atoms with Gasteiger partial charge in [-0.15, -0.1) is 0 Å². The lowest BCUT2D eigenvalue weighted by atomic mass is 10.0. The second kappa shape index (κ2) is 4.32. The molecule has 0 aliphatic heterocycles. The standard InChI is InChI=1S/C12H8Cl2FN/c13-8-2-4-12(16)9(6-8)7-1-3-11(15)10(14)5-7/h1-6H,16H2. The Bertz CT molecular complexity index is 541. The minimum absolute atomic E-state index is 0.0666. The molecule has 0 amide bonds. The highest BCUT2D eigenvalue weighted by Crippen LogP contribution is 2.31. The maximum atomic E-state index is 13.0. The first kappa shape index (κ1) is 11.2. The molecule has 0 unspecified atom stereocenters. The van der Waals surface area contributed by atoms with Crippen molar-refractivity contribution >= 4 is 28.9 Å². The number of halogens is 3. The van der Waals surface area contributed by atoms with E-state index in [-0.39, 0.29) is 5.02 Å². The summed E-state index contributed by atoms with van der Waals surface area (Å²) in [5.74, 6) is -0.453. The molecular formula is C12H8Cl2FN. The molecule has 0 radical (unpaired) electrons. The Kier molecular flexibility index (Phi) is 3.03. The molecule has 0 heterocycles. The molecule has 0 saturated heterocycles. The molecule has 0 saturated carbocycles. The van der Waals surface area contributed by atoms with Crippen molar-refractivity contribution < 1.29 is 4.39 Å². The molecular weight excluding hydrogens is 248 g/mol. The smallest absolute Gasteiger partial charge is 0.141 e. The Morgan fingerprint density at radius 1 is 1.00 bits per heavy atom. The van der Waals surface area contributed by atoms with E-state index in [0.29, 0.717) is 10.7 Å². The number of hydrogen-bond acceptors (Lipinski definition) is 1. The van der Waals surface area contributed by atoms with Gasteiger partial charge in [-0.3, -0.25) is 0 Å². The number of rotatable bonds is 1. The van der Waals surface area contributed by atoms with Crippen LogP contribution in [0.2, 0.25) is 10.0 Å². The van der Waals surface area contributed by atoms with Crippen LogP contribution in [-0.2, 0) is 0 Å². The van der Waals surface area contributed by atoms with E-state index in [1.54, 1.807) is 24.3 Å². The highest BCUT2D eigenvalue weighted by Gasteiger charge is 2.06. The van der Waals surface area contributed by atoms with Gasteiger partial charge in [-0.05, 0) is 35.9 Å². The van der Waals surface area contributed by atoms with Crippen LogP contribution in [0, 0.1) is 5.82 Å². The minimum Gasteiger partial charge on any atom is -0.398 e. The summed E-state index contributed by atoms with van der Waals surface area (Å²) in [7, 11) is 0. The van der Waals surface area contributed by atoms with Crippen molar-refractivity contribution in [1.29, 1.82) is 0 Å². The van der Waals surface area contributed by atoms with Crippen molar-refractivity contribution in [2.45, 2.75) is 0 Å². The molecule has 0 spiro atoms. The molecule has 0 bridgehead atoms. The molecule has 0 aromatic heterocycles. The predicted molar refractivity (Wildman–Crippen MR) is 66.3 cm³/mol. The monoisotopic (exact) mass is 255 g/mol. The molecule has 0 aliphatic carbocycles. The first-order valence-corrected chi connectivity index (χ1v) is 5.34. The summed E-state index contributed by atoms with van der Waals surface area (Å²) in [4.78, 5) is 0. The van der Waals surface area contributed by atoms with Crippen molar-refractivity contribution in [3.8, 4) is 11.1 Å². The maximum absolute atomic E-state index is 13.0. The highest BCUT2D eigenvalue weighted by molar-refractivity contribution is 6.31. The second-order valence-electron chi connectivity index (χ2n) is 3.36. The highest BCUT2D eigenvalue weighted by atomic mass is 35.5. The molecule has 1 nitrogen and oxygen atoms in total. The summed E-state index contributed by atoms with van der Waals surface area (Å²) < 4.78 is 13.0. The Morgan fingerprint density at radius 3 is 2.44 bits per heavy atom. The van der Waals surface area contributed by atoms with Crippen LogP contribution in [0.3, 0.4) is 0 Å². The Hall–Kier alpha value is -1.25. The summed E-state index contributed by atoms with van der Waals surface area (Å²) in [6.07, 6.45) is 0. The third kappa shape index (κ3) is 2.13. The summed E-state index contributed by atoms with van der Waals surface area (Å²) >= 11 is 11.6. The van der Waals surface area contributed by atoms with Gasteiger partial charge in [0.25, 0.3) is 0 Å². The van der Waals surface area contributed by atoms with Crippen LogP contribution in [0.5, 0.6) is 0 Å². The zero-order valence-corrected chi connectivity index (χ0v) is 9.69. The van der Waals surface area contributed by atoms with Crippen molar-refractivity contribution in [1.82, 2.24) is 0 Å². The van der Waals surface area contributed by atoms with Gasteiger partial charge in [-0.25, -0.2) is 4.39 Å².